The molecule has 0 heterocycles. The Hall–Kier alpha value is -1.29. The highest BCUT2D eigenvalue weighted by atomic mass is 14.2. The molecule has 1 aromatic rings. The second-order valence-electron chi connectivity index (χ2n) is 4.44. The van der Waals surface area contributed by atoms with E-state index in [1.807, 2.05) is 0 Å². The first-order chi connectivity index (χ1) is 7.77. The number of hydrogen-bond donors (Lipinski definition) is 0. The Morgan fingerprint density at radius 3 is 2.50 bits per heavy atom. The van der Waals surface area contributed by atoms with Crippen LogP contribution in [0, 0.1) is 11.3 Å². The summed E-state index contributed by atoms with van der Waals surface area (Å²) in [7, 11) is 0. The maximum atomic E-state index is 8.55. The standard InChI is InChI=1S/C15H21N/c1-3-4-7-14-8-10-15(11-9-14)13(2)6-5-12-16/h8-11,13H,3-7H2,1-2H3. The van der Waals surface area contributed by atoms with E-state index in [0.717, 1.165) is 6.42 Å². The predicted octanol–water partition coefficient (Wildman–Crippen LogP) is 4.44. The fraction of sp³-hybridized carbons (Fsp3) is 0.533. The molecule has 0 N–H and O–H groups in total. The second-order valence-corrected chi connectivity index (χ2v) is 4.44. The van der Waals surface area contributed by atoms with E-state index in [0.29, 0.717) is 12.3 Å². The normalized spacial score (nSPS) is 12.1. The van der Waals surface area contributed by atoms with Crippen LogP contribution in [0.25, 0.3) is 0 Å². The van der Waals surface area contributed by atoms with Gasteiger partial charge in [0.1, 0.15) is 0 Å². The molecule has 0 amide bonds. The topological polar surface area (TPSA) is 23.8 Å². The predicted molar refractivity (Wildman–Crippen MR) is 68.3 cm³/mol. The van der Waals surface area contributed by atoms with Crippen LogP contribution >= 0.6 is 0 Å². The van der Waals surface area contributed by atoms with Gasteiger partial charge >= 0.3 is 0 Å². The third kappa shape index (κ3) is 4.06. The zero-order valence-electron chi connectivity index (χ0n) is 10.4. The first-order valence-corrected chi connectivity index (χ1v) is 6.23. The monoisotopic (exact) mass is 215 g/mol. The van der Waals surface area contributed by atoms with Crippen LogP contribution < -0.4 is 0 Å². The molecule has 0 aliphatic heterocycles. The van der Waals surface area contributed by atoms with E-state index in [1.54, 1.807) is 0 Å². The zero-order valence-corrected chi connectivity index (χ0v) is 10.4. The third-order valence-electron chi connectivity index (χ3n) is 3.06. The van der Waals surface area contributed by atoms with Crippen LogP contribution in [0.4, 0.5) is 0 Å². The van der Waals surface area contributed by atoms with Gasteiger partial charge in [-0.25, -0.2) is 0 Å². The van der Waals surface area contributed by atoms with E-state index in [9.17, 15) is 0 Å². The summed E-state index contributed by atoms with van der Waals surface area (Å²) in [5, 5.41) is 8.55. The van der Waals surface area contributed by atoms with E-state index >= 15 is 0 Å². The average molecular weight is 215 g/mol. The summed E-state index contributed by atoms with van der Waals surface area (Å²) >= 11 is 0. The van der Waals surface area contributed by atoms with Gasteiger partial charge in [-0.15, -0.1) is 0 Å². The van der Waals surface area contributed by atoms with Crippen LogP contribution in [-0.2, 0) is 6.42 Å². The Kier molecular flexibility index (Phi) is 5.64. The average Bonchev–Trinajstić information content (AvgIpc) is 2.34. The number of nitrogens with zero attached hydrogens (tertiary/aromatic N) is 1. The van der Waals surface area contributed by atoms with Crippen molar-refractivity contribution in [2.75, 3.05) is 0 Å². The zero-order chi connectivity index (χ0) is 11.8. The third-order valence-corrected chi connectivity index (χ3v) is 3.06. The van der Waals surface area contributed by atoms with Gasteiger partial charge in [-0.3, -0.25) is 0 Å². The molecule has 1 unspecified atom stereocenters. The van der Waals surface area contributed by atoms with E-state index < -0.39 is 0 Å². The molecule has 1 aromatic carbocycles. The molecule has 0 spiro atoms. The van der Waals surface area contributed by atoms with Crippen LogP contribution in [0.2, 0.25) is 0 Å². The molecule has 16 heavy (non-hydrogen) atoms. The van der Waals surface area contributed by atoms with Gasteiger partial charge in [-0.05, 0) is 36.3 Å². The fourth-order valence-corrected chi connectivity index (χ4v) is 1.84. The molecular weight excluding hydrogens is 194 g/mol. The number of nitriles is 1. The van der Waals surface area contributed by atoms with Crippen molar-refractivity contribution in [1.82, 2.24) is 0 Å². The molecule has 0 aromatic heterocycles. The van der Waals surface area contributed by atoms with E-state index in [-0.39, 0.29) is 0 Å². The van der Waals surface area contributed by atoms with Crippen LogP contribution in [-0.4, -0.2) is 0 Å². The lowest BCUT2D eigenvalue weighted by molar-refractivity contribution is 0.694. The van der Waals surface area contributed by atoms with Crippen LogP contribution in [0.1, 0.15) is 56.6 Å². The molecule has 1 heteroatoms. The lowest BCUT2D eigenvalue weighted by Crippen LogP contribution is -1.94. The summed E-state index contributed by atoms with van der Waals surface area (Å²) in [6.07, 6.45) is 5.32. The summed E-state index contributed by atoms with van der Waals surface area (Å²) in [5.74, 6) is 0.500. The molecule has 0 saturated carbocycles. The quantitative estimate of drug-likeness (QED) is 0.688. The molecule has 0 aliphatic rings. The number of rotatable bonds is 6. The molecule has 0 radical (unpaired) electrons. The minimum atomic E-state index is 0.500. The summed E-state index contributed by atoms with van der Waals surface area (Å²) in [4.78, 5) is 0. The first-order valence-electron chi connectivity index (χ1n) is 6.23. The van der Waals surface area contributed by atoms with E-state index in [1.165, 1.54) is 30.4 Å². The van der Waals surface area contributed by atoms with Crippen LogP contribution in [0.5, 0.6) is 0 Å². The van der Waals surface area contributed by atoms with Crippen molar-refractivity contribution in [3.8, 4) is 6.07 Å². The first kappa shape index (κ1) is 12.8. The molecule has 1 atom stereocenters. The van der Waals surface area contributed by atoms with Gasteiger partial charge in [-0.2, -0.15) is 5.26 Å². The maximum absolute atomic E-state index is 8.55. The van der Waals surface area contributed by atoms with Crippen molar-refractivity contribution in [1.29, 1.82) is 5.26 Å². The SMILES string of the molecule is CCCCc1ccc(C(C)CCC#N)cc1. The van der Waals surface area contributed by atoms with Gasteiger partial charge in [0.25, 0.3) is 0 Å². The largest absolute Gasteiger partial charge is 0.198 e. The van der Waals surface area contributed by atoms with Crippen LogP contribution in [0.15, 0.2) is 24.3 Å². The molecule has 0 aliphatic carbocycles. The van der Waals surface area contributed by atoms with Crippen LogP contribution in [0.3, 0.4) is 0 Å². The highest BCUT2D eigenvalue weighted by Gasteiger charge is 2.04. The second kappa shape index (κ2) is 7.06. The number of aryl methyl sites for hydroxylation is 1. The van der Waals surface area contributed by atoms with Gasteiger partial charge in [0, 0.05) is 6.42 Å². The Morgan fingerprint density at radius 2 is 1.94 bits per heavy atom. The van der Waals surface area contributed by atoms with Crippen molar-refractivity contribution in [3.05, 3.63) is 35.4 Å². The summed E-state index contributed by atoms with van der Waals surface area (Å²) in [6, 6.07) is 11.1. The lowest BCUT2D eigenvalue weighted by Gasteiger charge is -2.10. The smallest absolute Gasteiger partial charge is 0.0621 e. The minimum absolute atomic E-state index is 0.500. The highest BCUT2D eigenvalue weighted by Crippen LogP contribution is 2.21. The number of unbranched alkanes of at least 4 members (excludes halogenated alkanes) is 1. The summed E-state index contributed by atoms with van der Waals surface area (Å²) < 4.78 is 0. The Bertz CT molecular complexity index is 331. The van der Waals surface area contributed by atoms with Crippen molar-refractivity contribution in [3.63, 3.8) is 0 Å². The molecule has 1 rings (SSSR count). The molecule has 0 bridgehead atoms. The lowest BCUT2D eigenvalue weighted by atomic mass is 9.95. The Morgan fingerprint density at radius 1 is 1.25 bits per heavy atom. The molecular formula is C15H21N. The highest BCUT2D eigenvalue weighted by molar-refractivity contribution is 5.25. The summed E-state index contributed by atoms with van der Waals surface area (Å²) in [5.41, 5.74) is 2.79. The van der Waals surface area contributed by atoms with Gasteiger partial charge in [0.05, 0.1) is 6.07 Å². The Labute approximate surface area is 99.1 Å². The number of benzene rings is 1. The van der Waals surface area contributed by atoms with E-state index in [4.69, 9.17) is 5.26 Å². The van der Waals surface area contributed by atoms with Crippen molar-refractivity contribution in [2.24, 2.45) is 0 Å². The molecule has 1 nitrogen and oxygen atoms in total. The van der Waals surface area contributed by atoms with Gasteiger partial charge < -0.3 is 0 Å². The van der Waals surface area contributed by atoms with Gasteiger partial charge in [0.2, 0.25) is 0 Å². The Balaban J connectivity index is 2.53. The molecule has 86 valence electrons. The van der Waals surface area contributed by atoms with E-state index in [2.05, 4.69) is 44.2 Å². The maximum Gasteiger partial charge on any atom is 0.0621 e. The van der Waals surface area contributed by atoms with Gasteiger partial charge in [-0.1, -0.05) is 44.5 Å². The van der Waals surface area contributed by atoms with Crippen molar-refractivity contribution in [2.45, 2.75) is 51.9 Å². The molecule has 0 fully saturated rings. The fourth-order valence-electron chi connectivity index (χ4n) is 1.84. The molecule has 0 saturated heterocycles. The van der Waals surface area contributed by atoms with Crippen molar-refractivity contribution < 1.29 is 0 Å². The van der Waals surface area contributed by atoms with Gasteiger partial charge in [0.15, 0.2) is 0 Å². The number of hydrogen-bond acceptors (Lipinski definition) is 1. The summed E-state index contributed by atoms with van der Waals surface area (Å²) in [6.45, 7) is 4.41. The minimum Gasteiger partial charge on any atom is -0.198 e. The van der Waals surface area contributed by atoms with Crippen molar-refractivity contribution >= 4 is 0 Å².